The maximum absolute atomic E-state index is 12.2. The van der Waals surface area contributed by atoms with Gasteiger partial charge in [0, 0.05) is 17.6 Å². The molecule has 1 aliphatic heterocycles. The average Bonchev–Trinajstić information content (AvgIpc) is 2.90. The first-order valence-electron chi connectivity index (χ1n) is 6.71. The van der Waals surface area contributed by atoms with E-state index in [1.165, 1.54) is 11.1 Å². The molecule has 1 aromatic heterocycles. The van der Waals surface area contributed by atoms with Gasteiger partial charge in [-0.15, -0.1) is 36.2 Å². The molecule has 0 bridgehead atoms. The maximum Gasteiger partial charge on any atom is 0.237 e. The quantitative estimate of drug-likeness (QED) is 0.885. The Kier molecular flexibility index (Phi) is 7.29. The molecule has 2 N–H and O–H groups in total. The van der Waals surface area contributed by atoms with Crippen molar-refractivity contribution in [1.29, 1.82) is 0 Å². The Hall–Kier alpha value is -1.14. The number of thiazole rings is 1. The minimum Gasteiger partial charge on any atom is -0.350 e. The number of nitrogens with zero attached hydrogens (tertiary/aromatic N) is 1. The number of hydrogen-bond donors (Lipinski definition) is 2. The summed E-state index contributed by atoms with van der Waals surface area (Å²) in [4.78, 5) is 17.5. The lowest BCUT2D eigenvalue weighted by Crippen LogP contribution is -2.47. The fraction of sp³-hybridized carbons (Fsp3) is 0.333. The third-order valence-corrected chi connectivity index (χ3v) is 4.42. The molecule has 4 nitrogen and oxygen atoms in total. The Bertz CT molecular complexity index is 633. The van der Waals surface area contributed by atoms with Crippen LogP contribution in [0.4, 0.5) is 0 Å². The number of halogens is 2. The molecule has 0 aliphatic carbocycles. The Balaban J connectivity index is 0.00000121. The van der Waals surface area contributed by atoms with Crippen molar-refractivity contribution in [2.45, 2.75) is 32.5 Å². The fourth-order valence-electron chi connectivity index (χ4n) is 2.42. The molecule has 1 atom stereocenters. The number of fused-ring (bicyclic) bond motifs is 1. The number of hydrogen-bond acceptors (Lipinski definition) is 4. The number of amides is 1. The van der Waals surface area contributed by atoms with Gasteiger partial charge in [-0.25, -0.2) is 4.98 Å². The summed E-state index contributed by atoms with van der Waals surface area (Å²) < 4.78 is 0. The summed E-state index contributed by atoms with van der Waals surface area (Å²) in [5.41, 5.74) is 2.55. The summed E-state index contributed by atoms with van der Waals surface area (Å²) in [5, 5.41) is 7.30. The Labute approximate surface area is 146 Å². The smallest absolute Gasteiger partial charge is 0.237 e. The van der Waals surface area contributed by atoms with Crippen molar-refractivity contribution < 1.29 is 4.79 Å². The van der Waals surface area contributed by atoms with Crippen molar-refractivity contribution >= 4 is 42.1 Å². The van der Waals surface area contributed by atoms with Crippen LogP contribution in [-0.2, 0) is 24.3 Å². The zero-order valence-electron chi connectivity index (χ0n) is 12.2. The highest BCUT2D eigenvalue weighted by Gasteiger charge is 2.23. The monoisotopic (exact) mass is 359 g/mol. The zero-order valence-corrected chi connectivity index (χ0v) is 14.6. The minimum atomic E-state index is -0.140. The van der Waals surface area contributed by atoms with Crippen molar-refractivity contribution in [3.63, 3.8) is 0 Å². The van der Waals surface area contributed by atoms with Gasteiger partial charge in [0.25, 0.3) is 0 Å². The van der Waals surface area contributed by atoms with E-state index >= 15 is 0 Å². The van der Waals surface area contributed by atoms with Crippen LogP contribution in [0.15, 0.2) is 30.5 Å². The SMILES string of the molecule is Cc1ncc(CNC(=O)C2Cc3ccccc3CN2)s1.Cl.Cl. The van der Waals surface area contributed by atoms with Crippen molar-refractivity contribution in [2.24, 2.45) is 0 Å². The van der Waals surface area contributed by atoms with Crippen molar-refractivity contribution in [3.05, 3.63) is 51.5 Å². The molecule has 22 heavy (non-hydrogen) atoms. The van der Waals surface area contributed by atoms with E-state index in [0.717, 1.165) is 22.9 Å². The molecule has 7 heteroatoms. The molecule has 0 radical (unpaired) electrons. The van der Waals surface area contributed by atoms with E-state index in [2.05, 4.69) is 27.8 Å². The molecule has 0 saturated heterocycles. The summed E-state index contributed by atoms with van der Waals surface area (Å²) in [6.07, 6.45) is 2.58. The number of carbonyl (C=O) groups excluding carboxylic acids is 1. The minimum absolute atomic E-state index is 0. The number of nitrogens with one attached hydrogen (secondary N) is 2. The van der Waals surface area contributed by atoms with Crippen LogP contribution < -0.4 is 10.6 Å². The largest absolute Gasteiger partial charge is 0.350 e. The van der Waals surface area contributed by atoms with Gasteiger partial charge in [-0.3, -0.25) is 4.79 Å². The second-order valence-electron chi connectivity index (χ2n) is 4.97. The highest BCUT2D eigenvalue weighted by Crippen LogP contribution is 2.16. The highest BCUT2D eigenvalue weighted by atomic mass is 35.5. The van der Waals surface area contributed by atoms with Gasteiger partial charge in [-0.05, 0) is 24.5 Å². The molecule has 120 valence electrons. The molecule has 1 aromatic carbocycles. The molecule has 0 fully saturated rings. The first-order chi connectivity index (χ1) is 9.72. The first kappa shape index (κ1) is 18.9. The van der Waals surface area contributed by atoms with Gasteiger partial charge in [-0.1, -0.05) is 24.3 Å². The van der Waals surface area contributed by atoms with E-state index in [1.807, 2.05) is 25.3 Å². The van der Waals surface area contributed by atoms with E-state index in [4.69, 9.17) is 0 Å². The molecule has 2 heterocycles. The lowest BCUT2D eigenvalue weighted by molar-refractivity contribution is -0.123. The summed E-state index contributed by atoms with van der Waals surface area (Å²) >= 11 is 1.62. The zero-order chi connectivity index (χ0) is 13.9. The van der Waals surface area contributed by atoms with Crippen LogP contribution in [-0.4, -0.2) is 16.9 Å². The van der Waals surface area contributed by atoms with Gasteiger partial charge in [0.1, 0.15) is 0 Å². The predicted octanol–water partition coefficient (Wildman–Crippen LogP) is 2.63. The third kappa shape index (κ3) is 4.43. The molecule has 1 unspecified atom stereocenters. The second kappa shape index (κ2) is 8.48. The Morgan fingerprint density at radius 3 is 2.77 bits per heavy atom. The molecule has 1 amide bonds. The standard InChI is InChI=1S/C15H17N3OS.2ClH/c1-10-16-8-13(20-10)9-18-15(19)14-6-11-4-2-3-5-12(11)7-17-14;;/h2-5,8,14,17H,6-7,9H2,1H3,(H,18,19);2*1H. The number of aryl methyl sites for hydroxylation is 1. The number of carbonyl (C=O) groups is 1. The van der Waals surface area contributed by atoms with Gasteiger partial charge in [-0.2, -0.15) is 0 Å². The number of benzene rings is 1. The summed E-state index contributed by atoms with van der Waals surface area (Å²) in [6.45, 7) is 3.29. The highest BCUT2D eigenvalue weighted by molar-refractivity contribution is 7.11. The van der Waals surface area contributed by atoms with E-state index < -0.39 is 0 Å². The summed E-state index contributed by atoms with van der Waals surface area (Å²) in [5.74, 6) is 0.0607. The molecular formula is C15H19Cl2N3OS. The van der Waals surface area contributed by atoms with Crippen LogP contribution in [0, 0.1) is 6.92 Å². The number of aromatic nitrogens is 1. The fourth-order valence-corrected chi connectivity index (χ4v) is 3.16. The maximum atomic E-state index is 12.2. The van der Waals surface area contributed by atoms with Gasteiger partial charge < -0.3 is 10.6 Å². The first-order valence-corrected chi connectivity index (χ1v) is 7.53. The van der Waals surface area contributed by atoms with Crippen LogP contribution in [0.2, 0.25) is 0 Å². The summed E-state index contributed by atoms with van der Waals surface area (Å²) in [7, 11) is 0. The normalized spacial score (nSPS) is 16.0. The Morgan fingerprint density at radius 2 is 2.09 bits per heavy atom. The van der Waals surface area contributed by atoms with E-state index in [0.29, 0.717) is 6.54 Å². The van der Waals surface area contributed by atoms with Crippen LogP contribution in [0.3, 0.4) is 0 Å². The molecule has 0 saturated carbocycles. The summed E-state index contributed by atoms with van der Waals surface area (Å²) in [6, 6.07) is 8.13. The van der Waals surface area contributed by atoms with E-state index in [1.54, 1.807) is 11.3 Å². The van der Waals surface area contributed by atoms with E-state index in [9.17, 15) is 4.79 Å². The van der Waals surface area contributed by atoms with Gasteiger partial charge in [0.2, 0.25) is 5.91 Å². The van der Waals surface area contributed by atoms with Gasteiger partial charge >= 0.3 is 0 Å². The van der Waals surface area contributed by atoms with Crippen LogP contribution >= 0.6 is 36.2 Å². The van der Waals surface area contributed by atoms with Gasteiger partial charge in [0.05, 0.1) is 17.6 Å². The molecule has 2 aromatic rings. The molecule has 1 aliphatic rings. The second-order valence-corrected chi connectivity index (χ2v) is 6.29. The van der Waals surface area contributed by atoms with Crippen molar-refractivity contribution in [1.82, 2.24) is 15.6 Å². The van der Waals surface area contributed by atoms with Gasteiger partial charge in [0.15, 0.2) is 0 Å². The lowest BCUT2D eigenvalue weighted by atomic mass is 9.95. The molecular weight excluding hydrogens is 341 g/mol. The Morgan fingerprint density at radius 1 is 1.36 bits per heavy atom. The molecule has 0 spiro atoms. The van der Waals surface area contributed by atoms with E-state index in [-0.39, 0.29) is 36.8 Å². The van der Waals surface area contributed by atoms with Crippen LogP contribution in [0.5, 0.6) is 0 Å². The topological polar surface area (TPSA) is 54.0 Å². The lowest BCUT2D eigenvalue weighted by Gasteiger charge is -2.25. The van der Waals surface area contributed by atoms with Crippen molar-refractivity contribution in [3.8, 4) is 0 Å². The predicted molar refractivity (Wildman–Crippen MR) is 94.0 cm³/mol. The molecule has 3 rings (SSSR count). The van der Waals surface area contributed by atoms with Crippen LogP contribution in [0.1, 0.15) is 21.0 Å². The average molecular weight is 360 g/mol. The van der Waals surface area contributed by atoms with Crippen LogP contribution in [0.25, 0.3) is 0 Å². The van der Waals surface area contributed by atoms with Crippen molar-refractivity contribution in [2.75, 3.05) is 0 Å². The number of rotatable bonds is 3. The third-order valence-electron chi connectivity index (χ3n) is 3.50.